The predicted octanol–water partition coefficient (Wildman–Crippen LogP) is 5.52. The molecule has 0 amide bonds. The van der Waals surface area contributed by atoms with Gasteiger partial charge in [-0.15, -0.1) is 10.2 Å². The number of aromatic nitrogens is 3. The summed E-state index contributed by atoms with van der Waals surface area (Å²) in [5.41, 5.74) is -0.745. The molecule has 0 radical (unpaired) electrons. The molecule has 3 rings (SSSR count). The molecule has 1 heterocycles. The third kappa shape index (κ3) is 3.61. The van der Waals surface area contributed by atoms with Crippen LogP contribution in [0.2, 0.25) is 10.0 Å². The SMILES string of the molecule is Cn1c(-c2cccc(Cl)c2Cl)nnc1C(C)(C)Oc1c(F)cc(F)cc1F. The topological polar surface area (TPSA) is 39.9 Å². The highest BCUT2D eigenvalue weighted by atomic mass is 35.5. The molecule has 0 spiro atoms. The van der Waals surface area contributed by atoms with E-state index in [-0.39, 0.29) is 5.82 Å². The molecular formula is C18H14Cl2F3N3O. The molecule has 0 aliphatic carbocycles. The fourth-order valence-corrected chi connectivity index (χ4v) is 3.08. The molecule has 0 aliphatic rings. The summed E-state index contributed by atoms with van der Waals surface area (Å²) in [6, 6.07) is 6.15. The smallest absolute Gasteiger partial charge is 0.192 e. The Balaban J connectivity index is 2.02. The summed E-state index contributed by atoms with van der Waals surface area (Å²) in [6.45, 7) is 3.12. The fraction of sp³-hybridized carbons (Fsp3) is 0.222. The lowest BCUT2D eigenvalue weighted by atomic mass is 10.1. The Labute approximate surface area is 163 Å². The van der Waals surface area contributed by atoms with Crippen LogP contribution >= 0.6 is 23.2 Å². The van der Waals surface area contributed by atoms with Gasteiger partial charge in [0.2, 0.25) is 0 Å². The van der Waals surface area contributed by atoms with Gasteiger partial charge in [-0.1, -0.05) is 29.3 Å². The number of benzene rings is 2. The minimum Gasteiger partial charge on any atom is -0.474 e. The second-order valence-corrected chi connectivity index (χ2v) is 7.10. The predicted molar refractivity (Wildman–Crippen MR) is 96.4 cm³/mol. The van der Waals surface area contributed by atoms with Gasteiger partial charge in [-0.3, -0.25) is 0 Å². The number of hydrogen-bond donors (Lipinski definition) is 0. The van der Waals surface area contributed by atoms with Crippen LogP contribution < -0.4 is 4.74 Å². The van der Waals surface area contributed by atoms with Gasteiger partial charge in [0, 0.05) is 24.7 Å². The molecule has 3 aromatic rings. The van der Waals surface area contributed by atoms with Gasteiger partial charge >= 0.3 is 0 Å². The van der Waals surface area contributed by atoms with Crippen LogP contribution in [0.5, 0.6) is 5.75 Å². The van der Waals surface area contributed by atoms with Crippen LogP contribution in [0.1, 0.15) is 19.7 Å². The van der Waals surface area contributed by atoms with E-state index < -0.39 is 28.8 Å². The van der Waals surface area contributed by atoms with Crippen LogP contribution in [0.3, 0.4) is 0 Å². The fourth-order valence-electron chi connectivity index (χ4n) is 2.69. The molecule has 0 saturated heterocycles. The highest BCUT2D eigenvalue weighted by molar-refractivity contribution is 6.43. The van der Waals surface area contributed by atoms with Crippen LogP contribution in [0.15, 0.2) is 30.3 Å². The zero-order valence-corrected chi connectivity index (χ0v) is 16.0. The number of hydrogen-bond acceptors (Lipinski definition) is 3. The summed E-state index contributed by atoms with van der Waals surface area (Å²) in [6.07, 6.45) is 0. The molecule has 9 heteroatoms. The highest BCUT2D eigenvalue weighted by Crippen LogP contribution is 2.35. The quantitative estimate of drug-likeness (QED) is 0.562. The number of ether oxygens (including phenoxy) is 1. The first-order valence-corrected chi connectivity index (χ1v) is 8.55. The van der Waals surface area contributed by atoms with Crippen LogP contribution in [0.4, 0.5) is 13.2 Å². The van der Waals surface area contributed by atoms with E-state index >= 15 is 0 Å². The van der Waals surface area contributed by atoms with Crippen LogP contribution in [-0.2, 0) is 12.6 Å². The van der Waals surface area contributed by atoms with Crippen molar-refractivity contribution in [2.45, 2.75) is 19.4 Å². The third-order valence-corrected chi connectivity index (χ3v) is 4.75. The van der Waals surface area contributed by atoms with Gasteiger partial charge in [-0.05, 0) is 26.0 Å². The van der Waals surface area contributed by atoms with Gasteiger partial charge < -0.3 is 9.30 Å². The van der Waals surface area contributed by atoms with Gasteiger partial charge in [0.25, 0.3) is 0 Å². The molecule has 2 aromatic carbocycles. The molecule has 0 N–H and O–H groups in total. The Bertz CT molecular complexity index is 998. The Hall–Kier alpha value is -2.25. The zero-order valence-electron chi connectivity index (χ0n) is 14.5. The Kier molecular flexibility index (Phi) is 5.10. The Morgan fingerprint density at radius 3 is 2.30 bits per heavy atom. The molecule has 0 saturated carbocycles. The second-order valence-electron chi connectivity index (χ2n) is 6.32. The van der Waals surface area contributed by atoms with E-state index in [9.17, 15) is 13.2 Å². The molecule has 1 aromatic heterocycles. The summed E-state index contributed by atoms with van der Waals surface area (Å²) < 4.78 is 48.1. The van der Waals surface area contributed by atoms with E-state index in [1.54, 1.807) is 43.7 Å². The molecule has 142 valence electrons. The summed E-state index contributed by atoms with van der Waals surface area (Å²) in [5.74, 6) is -3.37. The van der Waals surface area contributed by atoms with Crippen molar-refractivity contribution in [3.8, 4) is 17.1 Å². The average molecular weight is 416 g/mol. The zero-order chi connectivity index (χ0) is 19.9. The van der Waals surface area contributed by atoms with Crippen molar-refractivity contribution >= 4 is 23.2 Å². The van der Waals surface area contributed by atoms with Gasteiger partial charge in [0.05, 0.1) is 10.0 Å². The molecule has 0 atom stereocenters. The van der Waals surface area contributed by atoms with E-state index in [1.165, 1.54) is 0 Å². The summed E-state index contributed by atoms with van der Waals surface area (Å²) in [5, 5.41) is 8.83. The maximum atomic E-state index is 13.9. The molecule has 0 unspecified atom stereocenters. The molecule has 27 heavy (non-hydrogen) atoms. The van der Waals surface area contributed by atoms with Crippen molar-refractivity contribution in [2.24, 2.45) is 7.05 Å². The van der Waals surface area contributed by atoms with Crippen LogP contribution in [0, 0.1) is 17.5 Å². The summed E-state index contributed by atoms with van der Waals surface area (Å²) in [4.78, 5) is 0. The van der Waals surface area contributed by atoms with Crippen LogP contribution in [-0.4, -0.2) is 14.8 Å². The average Bonchev–Trinajstić information content (AvgIpc) is 2.96. The first-order valence-electron chi connectivity index (χ1n) is 7.79. The maximum Gasteiger partial charge on any atom is 0.192 e. The van der Waals surface area contributed by atoms with Crippen molar-refractivity contribution in [1.82, 2.24) is 14.8 Å². The summed E-state index contributed by atoms with van der Waals surface area (Å²) in [7, 11) is 1.66. The Morgan fingerprint density at radius 2 is 1.67 bits per heavy atom. The lowest BCUT2D eigenvalue weighted by Gasteiger charge is -2.26. The minimum atomic E-state index is -1.29. The maximum absolute atomic E-state index is 13.9. The van der Waals surface area contributed by atoms with Crippen LogP contribution in [0.25, 0.3) is 11.4 Å². The lowest BCUT2D eigenvalue weighted by molar-refractivity contribution is 0.0833. The molecule has 0 bridgehead atoms. The van der Waals surface area contributed by atoms with E-state index in [0.717, 1.165) is 0 Å². The number of nitrogens with zero attached hydrogens (tertiary/aromatic N) is 3. The molecule has 0 fully saturated rings. The summed E-state index contributed by atoms with van der Waals surface area (Å²) >= 11 is 12.3. The molecule has 0 aliphatic heterocycles. The first kappa shape index (κ1) is 19.5. The first-order chi connectivity index (χ1) is 12.6. The van der Waals surface area contributed by atoms with E-state index in [0.29, 0.717) is 33.6 Å². The van der Waals surface area contributed by atoms with Gasteiger partial charge in [-0.2, -0.15) is 0 Å². The van der Waals surface area contributed by atoms with Crippen molar-refractivity contribution in [3.05, 3.63) is 63.7 Å². The van der Waals surface area contributed by atoms with Crippen molar-refractivity contribution in [1.29, 1.82) is 0 Å². The minimum absolute atomic E-state index is 0.275. The van der Waals surface area contributed by atoms with E-state index in [1.807, 2.05) is 0 Å². The largest absolute Gasteiger partial charge is 0.474 e. The van der Waals surface area contributed by atoms with Gasteiger partial charge in [0.1, 0.15) is 5.82 Å². The monoisotopic (exact) mass is 415 g/mol. The highest BCUT2D eigenvalue weighted by Gasteiger charge is 2.32. The van der Waals surface area contributed by atoms with E-state index in [4.69, 9.17) is 27.9 Å². The van der Waals surface area contributed by atoms with Gasteiger partial charge in [-0.25, -0.2) is 13.2 Å². The van der Waals surface area contributed by atoms with Crippen molar-refractivity contribution in [3.63, 3.8) is 0 Å². The third-order valence-electron chi connectivity index (χ3n) is 3.93. The Morgan fingerprint density at radius 1 is 1.04 bits per heavy atom. The van der Waals surface area contributed by atoms with E-state index in [2.05, 4.69) is 10.2 Å². The molecular weight excluding hydrogens is 402 g/mol. The number of halogens is 5. The van der Waals surface area contributed by atoms with Gasteiger partial charge in [0.15, 0.2) is 34.6 Å². The van der Waals surface area contributed by atoms with Crippen molar-refractivity contribution < 1.29 is 17.9 Å². The molecule has 4 nitrogen and oxygen atoms in total. The standard InChI is InChI=1S/C18H14Cl2F3N3O/c1-18(2,27-15-12(22)7-9(21)8-13(15)23)17-25-24-16(26(17)3)10-5-4-6-11(19)14(10)20/h4-8H,1-3H3. The van der Waals surface area contributed by atoms with Crippen molar-refractivity contribution in [2.75, 3.05) is 0 Å². The number of rotatable bonds is 4. The lowest BCUT2D eigenvalue weighted by Crippen LogP contribution is -2.30. The second kappa shape index (κ2) is 7.05. The normalized spacial score (nSPS) is 11.7.